The van der Waals surface area contributed by atoms with Gasteiger partial charge in [-0.1, -0.05) is 0 Å². The summed E-state index contributed by atoms with van der Waals surface area (Å²) in [5.41, 5.74) is 0. The van der Waals surface area contributed by atoms with Crippen LogP contribution in [0.2, 0.25) is 0 Å². The molecule has 0 spiro atoms. The monoisotopic (exact) mass is 454 g/mol. The maximum Gasteiger partial charge on any atom is 0.271 e. The van der Waals surface area contributed by atoms with Crippen LogP contribution in [0.3, 0.4) is 0 Å². The van der Waals surface area contributed by atoms with Crippen LogP contribution in [0.4, 0.5) is 0 Å². The van der Waals surface area contributed by atoms with Crippen molar-refractivity contribution in [1.82, 2.24) is 0 Å². The van der Waals surface area contributed by atoms with Gasteiger partial charge < -0.3 is 52.1 Å². The van der Waals surface area contributed by atoms with Gasteiger partial charge in [-0.3, -0.25) is 0 Å². The molecule has 2 aliphatic heterocycles. The first kappa shape index (κ1) is 26.8. The van der Waals surface area contributed by atoms with Gasteiger partial charge in [0, 0.05) is 0 Å². The Hall–Kier alpha value is -0.440. The van der Waals surface area contributed by atoms with E-state index >= 15 is 0 Å². The summed E-state index contributed by atoms with van der Waals surface area (Å²) in [5, 5.41) is 0. The molecule has 2 rings (SSSR count). The van der Waals surface area contributed by atoms with Crippen LogP contribution in [-0.4, -0.2) is 119 Å². The molecule has 0 amide bonds. The van der Waals surface area contributed by atoms with Crippen LogP contribution in [0.25, 0.3) is 0 Å². The van der Waals surface area contributed by atoms with Gasteiger partial charge in [0.25, 0.3) is 13.0 Å². The number of ether oxygens (including phenoxy) is 11. The lowest BCUT2D eigenvalue weighted by Gasteiger charge is -2.22. The zero-order valence-electron chi connectivity index (χ0n) is 18.4. The molecule has 0 unspecified atom stereocenters. The van der Waals surface area contributed by atoms with E-state index in [-0.39, 0.29) is 0 Å². The Morgan fingerprint density at radius 3 is 0.935 bits per heavy atom. The maximum absolute atomic E-state index is 5.43. The van der Waals surface area contributed by atoms with E-state index in [2.05, 4.69) is 0 Å². The molecule has 2 heterocycles. The Balaban J connectivity index is 1.18. The zero-order valence-corrected chi connectivity index (χ0v) is 18.4. The van der Waals surface area contributed by atoms with Crippen molar-refractivity contribution < 1.29 is 52.1 Å². The predicted molar refractivity (Wildman–Crippen MR) is 107 cm³/mol. The lowest BCUT2D eigenvalue weighted by Crippen LogP contribution is -2.28. The van der Waals surface area contributed by atoms with Crippen molar-refractivity contribution in [2.75, 3.05) is 106 Å². The van der Waals surface area contributed by atoms with Crippen molar-refractivity contribution >= 4 is 0 Å². The van der Waals surface area contributed by atoms with E-state index < -0.39 is 13.0 Å². The van der Waals surface area contributed by atoms with Crippen molar-refractivity contribution in [2.24, 2.45) is 0 Å². The smallest absolute Gasteiger partial charge is 0.271 e. The largest absolute Gasteiger partial charge is 0.377 e. The van der Waals surface area contributed by atoms with Gasteiger partial charge in [-0.15, -0.1) is 0 Å². The van der Waals surface area contributed by atoms with Crippen LogP contribution in [0, 0.1) is 0 Å². The summed E-state index contributed by atoms with van der Waals surface area (Å²) in [5.74, 6) is 0. The van der Waals surface area contributed by atoms with Crippen molar-refractivity contribution in [1.29, 1.82) is 0 Å². The average Bonchev–Trinajstić information content (AvgIpc) is 2.82. The molecule has 0 aromatic carbocycles. The molecule has 11 heteroatoms. The molecular formula is C20H38O11. The quantitative estimate of drug-likeness (QED) is 0.241. The first-order chi connectivity index (χ1) is 15.4. The summed E-state index contributed by atoms with van der Waals surface area (Å²) < 4.78 is 58.9. The highest BCUT2D eigenvalue weighted by atomic mass is 16.9. The van der Waals surface area contributed by atoms with Crippen LogP contribution < -0.4 is 0 Å². The van der Waals surface area contributed by atoms with Gasteiger partial charge in [0.2, 0.25) is 0 Å². The third-order valence-electron chi connectivity index (χ3n) is 4.04. The van der Waals surface area contributed by atoms with E-state index in [4.69, 9.17) is 52.1 Å². The van der Waals surface area contributed by atoms with Gasteiger partial charge in [-0.2, -0.15) is 0 Å². The van der Waals surface area contributed by atoms with Crippen molar-refractivity contribution in [3.8, 4) is 0 Å². The standard InChI is InChI=1S/C20H38O11/c1-3-26-19(27-4-1)30-17-15-24-13-11-22-9-7-21-8-10-23-12-14-25-16-18-31-20-28-5-2-6-29-20/h19-20H,1-18H2. The fourth-order valence-electron chi connectivity index (χ4n) is 2.51. The fourth-order valence-corrected chi connectivity index (χ4v) is 2.51. The zero-order chi connectivity index (χ0) is 21.7. The molecule has 0 atom stereocenters. The number of hydrogen-bond donors (Lipinski definition) is 0. The van der Waals surface area contributed by atoms with Crippen molar-refractivity contribution in [3.63, 3.8) is 0 Å². The highest BCUT2D eigenvalue weighted by Crippen LogP contribution is 2.06. The van der Waals surface area contributed by atoms with Crippen molar-refractivity contribution in [2.45, 2.75) is 25.8 Å². The molecule has 184 valence electrons. The van der Waals surface area contributed by atoms with E-state index in [1.807, 2.05) is 0 Å². The lowest BCUT2D eigenvalue weighted by atomic mass is 10.5. The van der Waals surface area contributed by atoms with Crippen LogP contribution in [0.1, 0.15) is 12.8 Å². The molecule has 0 bridgehead atoms. The van der Waals surface area contributed by atoms with E-state index in [0.717, 1.165) is 12.8 Å². The summed E-state index contributed by atoms with van der Waals surface area (Å²) >= 11 is 0. The topological polar surface area (TPSA) is 102 Å². The number of hydrogen-bond acceptors (Lipinski definition) is 11. The molecule has 0 radical (unpaired) electrons. The van der Waals surface area contributed by atoms with Gasteiger partial charge >= 0.3 is 0 Å². The van der Waals surface area contributed by atoms with Gasteiger partial charge in [0.05, 0.1) is 106 Å². The van der Waals surface area contributed by atoms with E-state index in [1.165, 1.54) is 0 Å². The Morgan fingerprint density at radius 1 is 0.387 bits per heavy atom. The normalized spacial score (nSPS) is 18.6. The summed E-state index contributed by atoms with van der Waals surface area (Å²) in [7, 11) is 0. The molecule has 0 N–H and O–H groups in total. The Kier molecular flexibility index (Phi) is 17.5. The van der Waals surface area contributed by atoms with E-state index in [9.17, 15) is 0 Å². The first-order valence-electron chi connectivity index (χ1n) is 11.0. The Bertz CT molecular complexity index is 342. The molecular weight excluding hydrogens is 416 g/mol. The third-order valence-corrected chi connectivity index (χ3v) is 4.04. The van der Waals surface area contributed by atoms with Crippen molar-refractivity contribution in [3.05, 3.63) is 0 Å². The second-order valence-corrected chi connectivity index (χ2v) is 6.57. The highest BCUT2D eigenvalue weighted by Gasteiger charge is 2.14. The van der Waals surface area contributed by atoms with Crippen LogP contribution in [0.15, 0.2) is 0 Å². The maximum atomic E-state index is 5.43. The average molecular weight is 455 g/mol. The number of rotatable bonds is 20. The minimum atomic E-state index is -0.557. The third kappa shape index (κ3) is 15.9. The summed E-state index contributed by atoms with van der Waals surface area (Å²) in [6.45, 7) is 7.47. The highest BCUT2D eigenvalue weighted by molar-refractivity contribution is 4.43. The van der Waals surface area contributed by atoms with E-state index in [0.29, 0.717) is 106 Å². The summed E-state index contributed by atoms with van der Waals surface area (Å²) in [6.07, 6.45) is 1.81. The van der Waals surface area contributed by atoms with Crippen LogP contribution in [-0.2, 0) is 52.1 Å². The lowest BCUT2D eigenvalue weighted by molar-refractivity contribution is -0.312. The Labute approximate surface area is 184 Å². The summed E-state index contributed by atoms with van der Waals surface area (Å²) in [4.78, 5) is 0. The van der Waals surface area contributed by atoms with E-state index in [1.54, 1.807) is 0 Å². The molecule has 0 aliphatic carbocycles. The second-order valence-electron chi connectivity index (χ2n) is 6.57. The molecule has 11 nitrogen and oxygen atoms in total. The SMILES string of the molecule is C1COC(OCCOCCOCCOCCOCCOCCOC2OCCCO2)OC1. The van der Waals surface area contributed by atoms with Crippen LogP contribution in [0.5, 0.6) is 0 Å². The predicted octanol–water partition coefficient (Wildman–Crippen LogP) is 0.544. The summed E-state index contributed by atoms with van der Waals surface area (Å²) in [6, 6.07) is 0. The minimum absolute atomic E-state index is 0.428. The molecule has 2 aliphatic rings. The molecule has 2 saturated heterocycles. The van der Waals surface area contributed by atoms with Gasteiger partial charge in [-0.05, 0) is 12.8 Å². The fraction of sp³-hybridized carbons (Fsp3) is 1.00. The van der Waals surface area contributed by atoms with Gasteiger partial charge in [0.15, 0.2) is 0 Å². The second kappa shape index (κ2) is 20.2. The molecule has 0 aromatic heterocycles. The van der Waals surface area contributed by atoms with Gasteiger partial charge in [-0.25, -0.2) is 0 Å². The first-order valence-corrected chi connectivity index (χ1v) is 11.0. The van der Waals surface area contributed by atoms with Crippen LogP contribution >= 0.6 is 0 Å². The Morgan fingerprint density at radius 2 is 0.645 bits per heavy atom. The molecule has 2 fully saturated rings. The molecule has 0 aromatic rings. The minimum Gasteiger partial charge on any atom is -0.377 e. The molecule has 0 saturated carbocycles. The van der Waals surface area contributed by atoms with Gasteiger partial charge in [0.1, 0.15) is 0 Å². The molecule has 31 heavy (non-hydrogen) atoms.